The Morgan fingerprint density at radius 1 is 1.29 bits per heavy atom. The molecule has 14 heavy (non-hydrogen) atoms. The Kier molecular flexibility index (Phi) is 2.06. The van der Waals surface area contributed by atoms with Gasteiger partial charge in [0.25, 0.3) is 0 Å². The predicted octanol–water partition coefficient (Wildman–Crippen LogP) is 2.07. The molecule has 0 aliphatic carbocycles. The molecule has 74 valence electrons. The molecule has 1 aromatic carbocycles. The number of nitrogens with one attached hydrogen (secondary N) is 1. The summed E-state index contributed by atoms with van der Waals surface area (Å²) in [6, 6.07) is 10.2. The lowest BCUT2D eigenvalue weighted by Crippen LogP contribution is -2.38. The van der Waals surface area contributed by atoms with Gasteiger partial charge in [-0.1, -0.05) is 30.3 Å². The van der Waals surface area contributed by atoms with Gasteiger partial charge in [0.2, 0.25) is 5.91 Å². The van der Waals surface area contributed by atoms with Gasteiger partial charge in [0, 0.05) is 17.9 Å². The summed E-state index contributed by atoms with van der Waals surface area (Å²) in [6.45, 7) is 4.16. The van der Waals surface area contributed by atoms with Crippen molar-refractivity contribution >= 4 is 5.91 Å². The lowest BCUT2D eigenvalue weighted by Gasteiger charge is -2.26. The van der Waals surface area contributed by atoms with Gasteiger partial charge in [0.05, 0.1) is 0 Å². The molecule has 2 heteroatoms. The summed E-state index contributed by atoms with van der Waals surface area (Å²) in [5.74, 6) is 0.458. The number of carbonyl (C=O) groups is 1. The van der Waals surface area contributed by atoms with Crippen LogP contribution in [0.3, 0.4) is 0 Å². The van der Waals surface area contributed by atoms with Crippen LogP contribution in [0.4, 0.5) is 0 Å². The van der Waals surface area contributed by atoms with Crippen LogP contribution in [-0.2, 0) is 4.79 Å². The average molecular weight is 189 g/mol. The number of benzene rings is 1. The topological polar surface area (TPSA) is 29.1 Å². The second-order valence-corrected chi connectivity index (χ2v) is 4.44. The summed E-state index contributed by atoms with van der Waals surface area (Å²) in [4.78, 5) is 11.3. The van der Waals surface area contributed by atoms with Crippen molar-refractivity contribution in [2.75, 3.05) is 0 Å². The molecule has 1 amide bonds. The quantitative estimate of drug-likeness (QED) is 0.720. The van der Waals surface area contributed by atoms with Crippen LogP contribution in [-0.4, -0.2) is 11.4 Å². The highest BCUT2D eigenvalue weighted by molar-refractivity contribution is 5.81. The third kappa shape index (κ3) is 1.52. The maximum Gasteiger partial charge on any atom is 0.221 e. The maximum absolute atomic E-state index is 11.3. The second kappa shape index (κ2) is 3.12. The van der Waals surface area contributed by atoms with Crippen molar-refractivity contribution in [3.8, 4) is 0 Å². The highest BCUT2D eigenvalue weighted by atomic mass is 16.2. The van der Waals surface area contributed by atoms with Crippen molar-refractivity contribution in [2.45, 2.75) is 31.7 Å². The first-order chi connectivity index (χ1) is 6.59. The zero-order valence-electron chi connectivity index (χ0n) is 8.58. The first kappa shape index (κ1) is 9.25. The molecule has 1 unspecified atom stereocenters. The molecule has 1 heterocycles. The van der Waals surface area contributed by atoms with Gasteiger partial charge >= 0.3 is 0 Å². The Morgan fingerprint density at radius 3 is 2.43 bits per heavy atom. The molecule has 2 nitrogen and oxygen atoms in total. The minimum atomic E-state index is -0.113. The van der Waals surface area contributed by atoms with E-state index in [0.29, 0.717) is 12.3 Å². The van der Waals surface area contributed by atoms with Crippen LogP contribution >= 0.6 is 0 Å². The molecule has 0 radical (unpaired) electrons. The van der Waals surface area contributed by atoms with Gasteiger partial charge in [-0.3, -0.25) is 4.79 Å². The largest absolute Gasteiger partial charge is 0.351 e. The SMILES string of the molecule is CC1(C)NC(=O)CC1c1ccccc1. The summed E-state index contributed by atoms with van der Waals surface area (Å²) >= 11 is 0. The number of hydrogen-bond donors (Lipinski definition) is 1. The van der Waals surface area contributed by atoms with Crippen LogP contribution in [0.1, 0.15) is 31.7 Å². The van der Waals surface area contributed by atoms with Gasteiger partial charge in [-0.25, -0.2) is 0 Å². The lowest BCUT2D eigenvalue weighted by atomic mass is 9.83. The number of amides is 1. The van der Waals surface area contributed by atoms with E-state index in [2.05, 4.69) is 31.3 Å². The summed E-state index contributed by atoms with van der Waals surface area (Å²) in [5, 5.41) is 3.00. The molecule has 0 bridgehead atoms. The molecule has 1 aromatic rings. The molecular formula is C12H15NO. The van der Waals surface area contributed by atoms with E-state index >= 15 is 0 Å². The van der Waals surface area contributed by atoms with Gasteiger partial charge in [-0.05, 0) is 19.4 Å². The van der Waals surface area contributed by atoms with Crippen LogP contribution in [0.5, 0.6) is 0 Å². The van der Waals surface area contributed by atoms with Crippen LogP contribution in [0.15, 0.2) is 30.3 Å². The van der Waals surface area contributed by atoms with Crippen LogP contribution in [0.2, 0.25) is 0 Å². The number of hydrogen-bond acceptors (Lipinski definition) is 1. The van der Waals surface area contributed by atoms with Gasteiger partial charge in [-0.15, -0.1) is 0 Å². The molecule has 1 atom stereocenters. The molecular weight excluding hydrogens is 174 g/mol. The summed E-state index contributed by atoms with van der Waals surface area (Å²) in [7, 11) is 0. The van der Waals surface area contributed by atoms with E-state index < -0.39 is 0 Å². The first-order valence-electron chi connectivity index (χ1n) is 4.95. The molecule has 0 aromatic heterocycles. The third-order valence-corrected chi connectivity index (χ3v) is 2.92. The van der Waals surface area contributed by atoms with Crippen molar-refractivity contribution < 1.29 is 4.79 Å². The molecule has 1 N–H and O–H groups in total. The lowest BCUT2D eigenvalue weighted by molar-refractivity contribution is -0.119. The number of carbonyl (C=O) groups excluding carboxylic acids is 1. The van der Waals surface area contributed by atoms with E-state index in [1.165, 1.54) is 5.56 Å². The van der Waals surface area contributed by atoms with Gasteiger partial charge in [0.1, 0.15) is 0 Å². The van der Waals surface area contributed by atoms with Crippen LogP contribution in [0, 0.1) is 0 Å². The Labute approximate surface area is 84.3 Å². The molecule has 1 aliphatic rings. The van der Waals surface area contributed by atoms with Crippen molar-refractivity contribution in [3.63, 3.8) is 0 Å². The first-order valence-corrected chi connectivity index (χ1v) is 4.95. The van der Waals surface area contributed by atoms with Crippen LogP contribution < -0.4 is 5.32 Å². The van der Waals surface area contributed by atoms with E-state index in [0.717, 1.165) is 0 Å². The highest BCUT2D eigenvalue weighted by Crippen LogP contribution is 2.35. The smallest absolute Gasteiger partial charge is 0.221 e. The molecule has 0 spiro atoms. The standard InChI is InChI=1S/C12H15NO/c1-12(2)10(8-11(14)13-12)9-6-4-3-5-7-9/h3-7,10H,8H2,1-2H3,(H,13,14). The normalized spacial score (nSPS) is 24.7. The molecule has 2 rings (SSSR count). The molecule has 1 saturated heterocycles. The predicted molar refractivity (Wildman–Crippen MR) is 56.0 cm³/mol. The monoisotopic (exact) mass is 189 g/mol. The van der Waals surface area contributed by atoms with Gasteiger partial charge < -0.3 is 5.32 Å². The van der Waals surface area contributed by atoms with E-state index in [1.54, 1.807) is 0 Å². The Balaban J connectivity index is 2.32. The van der Waals surface area contributed by atoms with E-state index in [-0.39, 0.29) is 11.4 Å². The van der Waals surface area contributed by atoms with E-state index in [9.17, 15) is 4.79 Å². The fraction of sp³-hybridized carbons (Fsp3) is 0.417. The molecule has 1 aliphatic heterocycles. The van der Waals surface area contributed by atoms with Crippen LogP contribution in [0.25, 0.3) is 0 Å². The van der Waals surface area contributed by atoms with Gasteiger partial charge in [0.15, 0.2) is 0 Å². The zero-order valence-corrected chi connectivity index (χ0v) is 8.58. The van der Waals surface area contributed by atoms with Crippen molar-refractivity contribution in [1.29, 1.82) is 0 Å². The summed E-state index contributed by atoms with van der Waals surface area (Å²) in [5.41, 5.74) is 1.13. The molecule has 1 fully saturated rings. The highest BCUT2D eigenvalue weighted by Gasteiger charge is 2.39. The Morgan fingerprint density at radius 2 is 1.93 bits per heavy atom. The minimum absolute atomic E-state index is 0.113. The van der Waals surface area contributed by atoms with Gasteiger partial charge in [-0.2, -0.15) is 0 Å². The fourth-order valence-electron chi connectivity index (χ4n) is 2.16. The fourth-order valence-corrected chi connectivity index (χ4v) is 2.16. The van der Waals surface area contributed by atoms with E-state index in [4.69, 9.17) is 0 Å². The Bertz CT molecular complexity index is 343. The molecule has 0 saturated carbocycles. The minimum Gasteiger partial charge on any atom is -0.351 e. The average Bonchev–Trinajstić information content (AvgIpc) is 2.41. The third-order valence-electron chi connectivity index (χ3n) is 2.92. The number of rotatable bonds is 1. The second-order valence-electron chi connectivity index (χ2n) is 4.44. The zero-order chi connectivity index (χ0) is 10.2. The summed E-state index contributed by atoms with van der Waals surface area (Å²) in [6.07, 6.45) is 0.608. The van der Waals surface area contributed by atoms with Crippen molar-refractivity contribution in [1.82, 2.24) is 5.32 Å². The Hall–Kier alpha value is -1.31. The van der Waals surface area contributed by atoms with Crippen molar-refractivity contribution in [2.24, 2.45) is 0 Å². The van der Waals surface area contributed by atoms with Crippen molar-refractivity contribution in [3.05, 3.63) is 35.9 Å². The van der Waals surface area contributed by atoms with E-state index in [1.807, 2.05) is 18.2 Å². The maximum atomic E-state index is 11.3. The summed E-state index contributed by atoms with van der Waals surface area (Å²) < 4.78 is 0.